The van der Waals surface area contributed by atoms with Gasteiger partial charge < -0.3 is 9.47 Å². The highest BCUT2D eigenvalue weighted by Gasteiger charge is 2.58. The van der Waals surface area contributed by atoms with Crippen molar-refractivity contribution in [1.82, 2.24) is 0 Å². The van der Waals surface area contributed by atoms with Gasteiger partial charge in [-0.2, -0.15) is 0 Å². The number of esters is 2. The fraction of sp³-hybridized carbons (Fsp3) is 0.556. The number of allylic oxidation sites excluding steroid dienone is 1. The number of hydrogen-bond acceptors (Lipinski definition) is 4. The third-order valence-corrected chi connectivity index (χ3v) is 3.37. The maximum Gasteiger partial charge on any atom is 0.330 e. The molecule has 0 aromatic rings. The summed E-state index contributed by atoms with van der Waals surface area (Å²) in [7, 11) is 2.64. The molecule has 2 atom stereocenters. The summed E-state index contributed by atoms with van der Waals surface area (Å²) in [6, 6.07) is 0. The van der Waals surface area contributed by atoms with Crippen LogP contribution < -0.4 is 0 Å². The Balaban J connectivity index is 2.50. The molecule has 5 heteroatoms. The Labute approximate surface area is 90.4 Å². The average Bonchev–Trinajstić information content (AvgIpc) is 2.86. The molecule has 78 valence electrons. The van der Waals surface area contributed by atoms with Crippen LogP contribution in [-0.2, 0) is 19.1 Å². The Hall–Kier alpha value is -0.840. The van der Waals surface area contributed by atoms with Crippen LogP contribution in [-0.4, -0.2) is 30.5 Å². The van der Waals surface area contributed by atoms with Crippen molar-refractivity contribution in [2.24, 2.45) is 5.92 Å². The molecule has 0 bridgehead atoms. The van der Waals surface area contributed by atoms with E-state index in [9.17, 15) is 9.59 Å². The van der Waals surface area contributed by atoms with Gasteiger partial charge in [0.15, 0.2) is 0 Å². The quantitative estimate of drug-likeness (QED) is 0.433. The first-order valence-corrected chi connectivity index (χ1v) is 4.87. The summed E-state index contributed by atoms with van der Waals surface area (Å²) in [4.78, 5) is 22.0. The van der Waals surface area contributed by atoms with Gasteiger partial charge in [-0.05, 0) is 6.42 Å². The van der Waals surface area contributed by atoms with Crippen LogP contribution in [0.1, 0.15) is 6.42 Å². The normalized spacial score (nSPS) is 30.1. The van der Waals surface area contributed by atoms with E-state index in [1.165, 1.54) is 20.3 Å². The van der Waals surface area contributed by atoms with Crippen LogP contribution in [0.2, 0.25) is 0 Å². The minimum atomic E-state index is -0.633. The van der Waals surface area contributed by atoms with Gasteiger partial charge in [0.05, 0.1) is 14.2 Å². The van der Waals surface area contributed by atoms with E-state index >= 15 is 0 Å². The first-order valence-electron chi connectivity index (χ1n) is 4.08. The van der Waals surface area contributed by atoms with Crippen LogP contribution in [0.25, 0.3) is 0 Å². The summed E-state index contributed by atoms with van der Waals surface area (Å²) < 4.78 is 8.40. The van der Waals surface area contributed by atoms with E-state index in [0.717, 1.165) is 0 Å². The maximum absolute atomic E-state index is 11.2. The van der Waals surface area contributed by atoms with Gasteiger partial charge in [0.25, 0.3) is 0 Å². The Morgan fingerprint density at radius 3 is 2.57 bits per heavy atom. The summed E-state index contributed by atoms with van der Waals surface area (Å²) in [5.74, 6) is -0.720. The molecule has 1 aliphatic carbocycles. The van der Waals surface area contributed by atoms with E-state index in [-0.39, 0.29) is 11.9 Å². The zero-order chi connectivity index (χ0) is 10.8. The molecular formula is C9H11BrO4. The highest BCUT2D eigenvalue weighted by molar-refractivity contribution is 9.10. The molecule has 0 saturated heterocycles. The molecule has 0 spiro atoms. The van der Waals surface area contributed by atoms with Crippen LogP contribution >= 0.6 is 15.9 Å². The van der Waals surface area contributed by atoms with Gasteiger partial charge in [-0.1, -0.05) is 22.0 Å². The molecular weight excluding hydrogens is 252 g/mol. The number of alkyl halides is 1. The smallest absolute Gasteiger partial charge is 0.330 e. The minimum absolute atomic E-state index is 0.00838. The van der Waals surface area contributed by atoms with Crippen LogP contribution in [0.5, 0.6) is 0 Å². The molecule has 0 aliphatic heterocycles. The zero-order valence-electron chi connectivity index (χ0n) is 7.95. The van der Waals surface area contributed by atoms with E-state index < -0.39 is 10.3 Å². The van der Waals surface area contributed by atoms with Crippen molar-refractivity contribution >= 4 is 27.9 Å². The molecule has 4 nitrogen and oxygen atoms in total. The lowest BCUT2D eigenvalue weighted by atomic mass is 10.3. The zero-order valence-corrected chi connectivity index (χ0v) is 9.54. The molecule has 0 heterocycles. The third kappa shape index (κ3) is 2.15. The lowest BCUT2D eigenvalue weighted by molar-refractivity contribution is -0.141. The second-order valence-corrected chi connectivity index (χ2v) is 4.46. The van der Waals surface area contributed by atoms with Crippen molar-refractivity contribution in [3.63, 3.8) is 0 Å². The Morgan fingerprint density at radius 2 is 2.07 bits per heavy atom. The molecule has 1 saturated carbocycles. The standard InChI is InChI=1S/C9H11BrO4/c1-13-7(11)4-3-6-5-9(6,10)8(12)14-2/h3-4,6H,5H2,1-2H3/b4-3-/t6-,9+/m1/s1. The number of hydrogen-bond donors (Lipinski definition) is 0. The molecule has 1 rings (SSSR count). The molecule has 14 heavy (non-hydrogen) atoms. The number of carbonyl (C=O) groups excluding carboxylic acids is 2. The van der Waals surface area contributed by atoms with Gasteiger partial charge in [-0.3, -0.25) is 4.79 Å². The van der Waals surface area contributed by atoms with Crippen LogP contribution in [0.15, 0.2) is 12.2 Å². The summed E-state index contributed by atoms with van der Waals surface area (Å²) >= 11 is 3.28. The second-order valence-electron chi connectivity index (χ2n) is 3.05. The highest BCUT2D eigenvalue weighted by atomic mass is 79.9. The number of halogens is 1. The van der Waals surface area contributed by atoms with Crippen molar-refractivity contribution in [3.05, 3.63) is 12.2 Å². The van der Waals surface area contributed by atoms with Gasteiger partial charge in [0.1, 0.15) is 4.32 Å². The molecule has 0 N–H and O–H groups in total. The molecule has 0 aromatic carbocycles. The first kappa shape index (κ1) is 11.2. The van der Waals surface area contributed by atoms with E-state index in [1.54, 1.807) is 6.08 Å². The van der Waals surface area contributed by atoms with Gasteiger partial charge in [0.2, 0.25) is 0 Å². The number of methoxy groups -OCH3 is 2. The topological polar surface area (TPSA) is 52.6 Å². The van der Waals surface area contributed by atoms with E-state index in [4.69, 9.17) is 0 Å². The van der Waals surface area contributed by atoms with Crippen LogP contribution in [0.3, 0.4) is 0 Å². The Bertz CT molecular complexity index is 287. The predicted molar refractivity (Wildman–Crippen MR) is 52.9 cm³/mol. The molecule has 0 aromatic heterocycles. The third-order valence-electron chi connectivity index (χ3n) is 2.14. The second kappa shape index (κ2) is 4.13. The van der Waals surface area contributed by atoms with Gasteiger partial charge in [0, 0.05) is 12.0 Å². The first-order chi connectivity index (χ1) is 6.54. The van der Waals surface area contributed by atoms with Crippen molar-refractivity contribution in [2.75, 3.05) is 14.2 Å². The fourth-order valence-electron chi connectivity index (χ4n) is 1.15. The number of rotatable bonds is 3. The minimum Gasteiger partial charge on any atom is -0.468 e. The SMILES string of the molecule is COC(=O)/C=C\[C@@H]1C[C@@]1(Br)C(=O)OC. The number of carbonyl (C=O) groups is 2. The van der Waals surface area contributed by atoms with Crippen molar-refractivity contribution in [2.45, 2.75) is 10.7 Å². The Kier molecular flexibility index (Phi) is 3.31. The predicted octanol–water partition coefficient (Wildman–Crippen LogP) is 1.04. The highest BCUT2D eigenvalue weighted by Crippen LogP contribution is 2.52. The van der Waals surface area contributed by atoms with Gasteiger partial charge >= 0.3 is 11.9 Å². The molecule has 1 aliphatic rings. The summed E-state index contributed by atoms with van der Waals surface area (Å²) in [5.41, 5.74) is 0. The molecule has 0 amide bonds. The fourth-order valence-corrected chi connectivity index (χ4v) is 1.81. The summed E-state index contributed by atoms with van der Waals surface area (Å²) in [5, 5.41) is 0. The van der Waals surface area contributed by atoms with Crippen molar-refractivity contribution in [1.29, 1.82) is 0 Å². The van der Waals surface area contributed by atoms with Gasteiger partial charge in [-0.15, -0.1) is 0 Å². The maximum atomic E-state index is 11.2. The lowest BCUT2D eigenvalue weighted by Gasteiger charge is -2.03. The summed E-state index contributed by atoms with van der Waals surface area (Å²) in [6.07, 6.45) is 3.61. The van der Waals surface area contributed by atoms with Crippen molar-refractivity contribution in [3.8, 4) is 0 Å². The molecule has 1 fully saturated rings. The van der Waals surface area contributed by atoms with Crippen LogP contribution in [0, 0.1) is 5.92 Å². The van der Waals surface area contributed by atoms with Crippen LogP contribution in [0.4, 0.5) is 0 Å². The number of ether oxygens (including phenoxy) is 2. The average molecular weight is 263 g/mol. The van der Waals surface area contributed by atoms with E-state index in [1.807, 2.05) is 0 Å². The molecule has 0 radical (unpaired) electrons. The molecule has 0 unspecified atom stereocenters. The van der Waals surface area contributed by atoms with E-state index in [0.29, 0.717) is 6.42 Å². The van der Waals surface area contributed by atoms with Gasteiger partial charge in [-0.25, -0.2) is 4.79 Å². The monoisotopic (exact) mass is 262 g/mol. The van der Waals surface area contributed by atoms with E-state index in [2.05, 4.69) is 25.4 Å². The largest absolute Gasteiger partial charge is 0.468 e. The van der Waals surface area contributed by atoms with Crippen molar-refractivity contribution < 1.29 is 19.1 Å². The Morgan fingerprint density at radius 1 is 1.43 bits per heavy atom. The summed E-state index contributed by atoms with van der Waals surface area (Å²) in [6.45, 7) is 0. The lowest BCUT2D eigenvalue weighted by Crippen LogP contribution is -2.18.